The Morgan fingerprint density at radius 3 is 1.07 bits per heavy atom. The van der Waals surface area contributed by atoms with Crippen LogP contribution in [0.3, 0.4) is 0 Å². The third-order valence-corrected chi connectivity index (χ3v) is 6.46. The minimum absolute atomic E-state index is 0.250. The number of aliphatic hydroxyl groups is 1. The SMILES string of the molecule is C=Cc1ccc(COCC(=O)O)cc1.C=Cc1ccc(COCCOCCOCc2ccc(C=C)cc2)cc1.C=Cc1ccccc1.CC(=O)O.CCO. The molecule has 9 heteroatoms. The first-order valence-corrected chi connectivity index (χ1v) is 17.3. The monoisotopic (exact) mass is 740 g/mol. The Hall–Kier alpha value is -5.42. The maximum atomic E-state index is 10.2. The van der Waals surface area contributed by atoms with Crippen LogP contribution in [0.2, 0.25) is 0 Å². The van der Waals surface area contributed by atoms with Crippen LogP contribution in [-0.4, -0.2) is 66.9 Å². The van der Waals surface area contributed by atoms with Gasteiger partial charge >= 0.3 is 5.97 Å². The van der Waals surface area contributed by atoms with Gasteiger partial charge in [0.15, 0.2) is 0 Å². The Bertz CT molecular complexity index is 1500. The second-order valence-electron chi connectivity index (χ2n) is 10.9. The van der Waals surface area contributed by atoms with E-state index in [1.165, 1.54) is 5.56 Å². The molecule has 4 rings (SSSR count). The van der Waals surface area contributed by atoms with Crippen LogP contribution >= 0.6 is 0 Å². The molecule has 0 saturated carbocycles. The predicted octanol–water partition coefficient (Wildman–Crippen LogP) is 9.07. The summed E-state index contributed by atoms with van der Waals surface area (Å²) < 4.78 is 21.6. The molecule has 0 saturated heterocycles. The molecular weight excluding hydrogens is 684 g/mol. The summed E-state index contributed by atoms with van der Waals surface area (Å²) in [6, 6.07) is 33.9. The van der Waals surface area contributed by atoms with E-state index in [4.69, 9.17) is 39.1 Å². The Labute approximate surface area is 321 Å². The Balaban J connectivity index is 0.000000805. The van der Waals surface area contributed by atoms with Gasteiger partial charge in [-0.25, -0.2) is 4.79 Å². The summed E-state index contributed by atoms with van der Waals surface area (Å²) in [5, 5.41) is 23.3. The molecule has 0 aromatic heterocycles. The van der Waals surface area contributed by atoms with Crippen LogP contribution in [-0.2, 0) is 48.4 Å². The molecule has 54 heavy (non-hydrogen) atoms. The van der Waals surface area contributed by atoms with Gasteiger partial charge in [-0.2, -0.15) is 0 Å². The lowest BCUT2D eigenvalue weighted by molar-refractivity contribution is -0.142. The summed E-state index contributed by atoms with van der Waals surface area (Å²) in [6.45, 7) is 21.3. The molecule has 0 aliphatic carbocycles. The van der Waals surface area contributed by atoms with Crippen molar-refractivity contribution in [2.24, 2.45) is 0 Å². The predicted molar refractivity (Wildman–Crippen MR) is 220 cm³/mol. The maximum absolute atomic E-state index is 10.2. The highest BCUT2D eigenvalue weighted by Gasteiger charge is 1.98. The van der Waals surface area contributed by atoms with E-state index in [1.54, 1.807) is 13.0 Å². The molecular formula is C45H56O9. The lowest BCUT2D eigenvalue weighted by Crippen LogP contribution is -2.09. The normalized spacial score (nSPS) is 9.46. The van der Waals surface area contributed by atoms with E-state index < -0.39 is 11.9 Å². The molecule has 0 unspecified atom stereocenters. The number of carboxylic acids is 2. The van der Waals surface area contributed by atoms with E-state index >= 15 is 0 Å². The van der Waals surface area contributed by atoms with Crippen molar-refractivity contribution < 1.29 is 43.9 Å². The molecule has 0 aliphatic heterocycles. The van der Waals surface area contributed by atoms with E-state index in [9.17, 15) is 4.79 Å². The summed E-state index contributed by atoms with van der Waals surface area (Å²) in [5.41, 5.74) is 7.69. The zero-order chi connectivity index (χ0) is 40.2. The van der Waals surface area contributed by atoms with Crippen molar-refractivity contribution in [1.82, 2.24) is 0 Å². The van der Waals surface area contributed by atoms with Crippen molar-refractivity contribution in [3.05, 3.63) is 168 Å². The quantitative estimate of drug-likeness (QED) is 0.0855. The van der Waals surface area contributed by atoms with Crippen molar-refractivity contribution in [1.29, 1.82) is 0 Å². The van der Waals surface area contributed by atoms with Crippen molar-refractivity contribution in [2.45, 2.75) is 33.7 Å². The van der Waals surface area contributed by atoms with Crippen molar-refractivity contribution in [3.8, 4) is 0 Å². The third kappa shape index (κ3) is 28.2. The largest absolute Gasteiger partial charge is 0.481 e. The molecule has 9 nitrogen and oxygen atoms in total. The van der Waals surface area contributed by atoms with Gasteiger partial charge in [0, 0.05) is 13.5 Å². The smallest absolute Gasteiger partial charge is 0.329 e. The summed E-state index contributed by atoms with van der Waals surface area (Å²) >= 11 is 0. The maximum Gasteiger partial charge on any atom is 0.329 e. The van der Waals surface area contributed by atoms with Crippen LogP contribution in [0.5, 0.6) is 0 Å². The van der Waals surface area contributed by atoms with E-state index in [0.717, 1.165) is 40.3 Å². The highest BCUT2D eigenvalue weighted by Crippen LogP contribution is 2.08. The molecule has 4 aromatic rings. The number of aliphatic carboxylic acids is 2. The van der Waals surface area contributed by atoms with E-state index in [0.29, 0.717) is 46.2 Å². The van der Waals surface area contributed by atoms with E-state index in [2.05, 4.69) is 26.3 Å². The number of hydrogen-bond donors (Lipinski definition) is 3. The number of rotatable bonds is 18. The van der Waals surface area contributed by atoms with Crippen LogP contribution < -0.4 is 0 Å². The summed E-state index contributed by atoms with van der Waals surface area (Å²) in [6.07, 6.45) is 7.25. The Kier molecular flexibility index (Phi) is 30.1. The fourth-order valence-corrected chi connectivity index (χ4v) is 3.81. The molecule has 0 fully saturated rings. The summed E-state index contributed by atoms with van der Waals surface area (Å²) in [5.74, 6) is -1.78. The van der Waals surface area contributed by atoms with Gasteiger partial charge in [-0.3, -0.25) is 4.79 Å². The average molecular weight is 741 g/mol. The molecule has 0 spiro atoms. The van der Waals surface area contributed by atoms with Crippen LogP contribution in [0.1, 0.15) is 52.8 Å². The lowest BCUT2D eigenvalue weighted by Gasteiger charge is -2.07. The number of aliphatic hydroxyl groups excluding tert-OH is 1. The van der Waals surface area contributed by atoms with Crippen molar-refractivity contribution in [3.63, 3.8) is 0 Å². The van der Waals surface area contributed by atoms with Gasteiger partial charge in [-0.1, -0.05) is 154 Å². The second kappa shape index (κ2) is 33.4. The van der Waals surface area contributed by atoms with Crippen molar-refractivity contribution >= 4 is 36.2 Å². The molecule has 0 radical (unpaired) electrons. The van der Waals surface area contributed by atoms with E-state index in [1.807, 2.05) is 121 Å². The second-order valence-corrected chi connectivity index (χ2v) is 10.9. The van der Waals surface area contributed by atoms with E-state index in [-0.39, 0.29) is 13.2 Å². The number of benzene rings is 4. The van der Waals surface area contributed by atoms with Crippen LogP contribution in [0, 0.1) is 0 Å². The van der Waals surface area contributed by atoms with Gasteiger partial charge in [-0.15, -0.1) is 0 Å². The zero-order valence-electron chi connectivity index (χ0n) is 31.6. The zero-order valence-corrected chi connectivity index (χ0v) is 31.6. The number of hydrogen-bond acceptors (Lipinski definition) is 7. The molecule has 0 aliphatic rings. The van der Waals surface area contributed by atoms with Gasteiger partial charge in [0.1, 0.15) is 6.61 Å². The molecule has 0 amide bonds. The number of ether oxygens (including phenoxy) is 4. The van der Waals surface area contributed by atoms with Gasteiger partial charge in [-0.05, 0) is 45.9 Å². The Morgan fingerprint density at radius 2 is 0.796 bits per heavy atom. The first-order chi connectivity index (χ1) is 26.1. The van der Waals surface area contributed by atoms with Crippen LogP contribution in [0.15, 0.2) is 129 Å². The number of carboxylic acid groups (broad SMARTS) is 2. The topological polar surface area (TPSA) is 132 Å². The van der Waals surface area contributed by atoms with Gasteiger partial charge in [0.25, 0.3) is 5.97 Å². The minimum Gasteiger partial charge on any atom is -0.481 e. The molecule has 0 heterocycles. The van der Waals surface area contributed by atoms with Gasteiger partial charge < -0.3 is 34.3 Å². The number of carbonyl (C=O) groups is 2. The highest BCUT2D eigenvalue weighted by molar-refractivity contribution is 5.68. The molecule has 4 aromatic carbocycles. The standard InChI is InChI=1S/C22H26O3.C11H12O3.C8H8.C2H4O2.C2H6O/c1-3-19-5-9-21(10-6-19)17-24-15-13-23-14-16-25-18-22-11-7-20(4-2)8-12-22;1-2-9-3-5-10(6-4-9)7-14-8-11(12)13;1-2-8-6-4-3-5-7-8;1-2(3)4;1-2-3/h3-12H,1-2,13-18H2;2-6H,1,7-8H2,(H,12,13);2-7H,1H2;1H3,(H,3,4);3H,2H2,1H3. The average Bonchev–Trinajstić information content (AvgIpc) is 3.19. The van der Waals surface area contributed by atoms with Gasteiger partial charge in [0.05, 0.1) is 46.2 Å². The van der Waals surface area contributed by atoms with Crippen molar-refractivity contribution in [2.75, 3.05) is 39.6 Å². The first kappa shape index (κ1) is 48.6. The lowest BCUT2D eigenvalue weighted by atomic mass is 10.1. The third-order valence-electron chi connectivity index (χ3n) is 6.46. The first-order valence-electron chi connectivity index (χ1n) is 17.3. The molecule has 290 valence electrons. The molecule has 3 N–H and O–H groups in total. The van der Waals surface area contributed by atoms with Crippen LogP contribution in [0.4, 0.5) is 0 Å². The summed E-state index contributed by atoms with van der Waals surface area (Å²) in [4.78, 5) is 19.2. The van der Waals surface area contributed by atoms with Crippen LogP contribution in [0.25, 0.3) is 24.3 Å². The molecule has 0 bridgehead atoms. The fraction of sp³-hybridized carbons (Fsp3) is 0.244. The fourth-order valence-electron chi connectivity index (χ4n) is 3.81. The molecule has 0 atom stereocenters. The summed E-state index contributed by atoms with van der Waals surface area (Å²) in [7, 11) is 0. The van der Waals surface area contributed by atoms with Gasteiger partial charge in [0.2, 0.25) is 0 Å². The highest BCUT2D eigenvalue weighted by atomic mass is 16.5. The Morgan fingerprint density at radius 1 is 0.519 bits per heavy atom. The minimum atomic E-state index is -0.951.